The van der Waals surface area contributed by atoms with Gasteiger partial charge in [-0.25, -0.2) is 4.79 Å². The molecule has 0 unspecified atom stereocenters. The average Bonchev–Trinajstić information content (AvgIpc) is 2.92. The molecule has 0 amide bonds. The molecule has 2 aromatic carbocycles. The quantitative estimate of drug-likeness (QED) is 0.742. The van der Waals surface area contributed by atoms with E-state index in [9.17, 15) is 9.90 Å². The van der Waals surface area contributed by atoms with E-state index in [2.05, 4.69) is 18.3 Å². The first kappa shape index (κ1) is 13.6. The topological polar surface area (TPSA) is 49.3 Å². The van der Waals surface area contributed by atoms with Crippen LogP contribution in [0, 0.1) is 6.92 Å². The summed E-state index contributed by atoms with van der Waals surface area (Å²) in [6.07, 6.45) is 0. The predicted molar refractivity (Wildman–Crippen MR) is 88.5 cm³/mol. The van der Waals surface area contributed by atoms with Crippen molar-refractivity contribution in [3.05, 3.63) is 52.9 Å². The summed E-state index contributed by atoms with van der Waals surface area (Å²) < 4.78 is 0. The van der Waals surface area contributed by atoms with E-state index in [1.807, 2.05) is 35.7 Å². The van der Waals surface area contributed by atoms with Gasteiger partial charge in [0, 0.05) is 18.0 Å². The van der Waals surface area contributed by atoms with Gasteiger partial charge in [0.1, 0.15) is 10.6 Å². The number of rotatable bonds is 3. The number of hydrogen-bond donors (Lipinski definition) is 2. The Labute approximate surface area is 126 Å². The van der Waals surface area contributed by atoms with E-state index in [1.165, 1.54) is 16.9 Å². The number of aromatic carboxylic acids is 1. The molecule has 1 aromatic heterocycles. The first-order chi connectivity index (χ1) is 10.1. The SMILES string of the molecule is CNc1scc(-c2ccc(C)c3ccccc23)c1C(=O)O. The fourth-order valence-corrected chi connectivity index (χ4v) is 3.55. The van der Waals surface area contributed by atoms with Crippen molar-refractivity contribution in [3.63, 3.8) is 0 Å². The monoisotopic (exact) mass is 297 g/mol. The molecule has 3 aromatic rings. The summed E-state index contributed by atoms with van der Waals surface area (Å²) in [5, 5.41) is 17.3. The zero-order valence-corrected chi connectivity index (χ0v) is 12.6. The highest BCUT2D eigenvalue weighted by Crippen LogP contribution is 2.39. The first-order valence-corrected chi connectivity index (χ1v) is 7.52. The van der Waals surface area contributed by atoms with Crippen LogP contribution in [0.3, 0.4) is 0 Å². The smallest absolute Gasteiger partial charge is 0.339 e. The van der Waals surface area contributed by atoms with Gasteiger partial charge >= 0.3 is 5.97 Å². The van der Waals surface area contributed by atoms with E-state index in [1.54, 1.807) is 7.05 Å². The minimum Gasteiger partial charge on any atom is -0.478 e. The third kappa shape index (κ3) is 2.17. The van der Waals surface area contributed by atoms with Gasteiger partial charge in [0.15, 0.2) is 0 Å². The molecule has 0 radical (unpaired) electrons. The number of carboxylic acids is 1. The molecule has 3 rings (SSSR count). The number of benzene rings is 2. The summed E-state index contributed by atoms with van der Waals surface area (Å²) in [5.41, 5.74) is 3.27. The molecule has 106 valence electrons. The van der Waals surface area contributed by atoms with Crippen molar-refractivity contribution in [2.75, 3.05) is 12.4 Å². The van der Waals surface area contributed by atoms with Gasteiger partial charge < -0.3 is 10.4 Å². The van der Waals surface area contributed by atoms with Gasteiger partial charge in [0.2, 0.25) is 0 Å². The van der Waals surface area contributed by atoms with Gasteiger partial charge in [-0.15, -0.1) is 11.3 Å². The van der Waals surface area contributed by atoms with Gasteiger partial charge in [0.25, 0.3) is 0 Å². The average molecular weight is 297 g/mol. The third-order valence-corrected chi connectivity index (χ3v) is 4.66. The Morgan fingerprint density at radius 3 is 2.48 bits per heavy atom. The molecule has 0 aliphatic carbocycles. The van der Waals surface area contributed by atoms with Crippen LogP contribution < -0.4 is 5.32 Å². The second-order valence-corrected chi connectivity index (χ2v) is 5.76. The maximum atomic E-state index is 11.6. The highest BCUT2D eigenvalue weighted by molar-refractivity contribution is 7.15. The van der Waals surface area contributed by atoms with Crippen LogP contribution in [0.5, 0.6) is 0 Å². The van der Waals surface area contributed by atoms with Gasteiger partial charge in [0.05, 0.1) is 0 Å². The zero-order valence-electron chi connectivity index (χ0n) is 11.8. The van der Waals surface area contributed by atoms with E-state index < -0.39 is 5.97 Å². The molecule has 0 atom stereocenters. The van der Waals surface area contributed by atoms with Gasteiger partial charge in [-0.3, -0.25) is 0 Å². The van der Waals surface area contributed by atoms with E-state index in [0.717, 1.165) is 21.9 Å². The molecular weight excluding hydrogens is 282 g/mol. The number of carbonyl (C=O) groups is 1. The van der Waals surface area contributed by atoms with Crippen LogP contribution in [-0.2, 0) is 0 Å². The standard InChI is InChI=1S/C17H15NO2S/c1-10-7-8-13(12-6-4-3-5-11(10)12)14-9-21-16(18-2)15(14)17(19)20/h3-9,18H,1-2H3,(H,19,20). The molecular formula is C17H15NO2S. The summed E-state index contributed by atoms with van der Waals surface area (Å²) in [4.78, 5) is 11.6. The van der Waals surface area contributed by atoms with Crippen molar-refractivity contribution in [3.8, 4) is 11.1 Å². The number of fused-ring (bicyclic) bond motifs is 1. The van der Waals surface area contributed by atoms with Gasteiger partial charge in [-0.2, -0.15) is 0 Å². The molecule has 0 bridgehead atoms. The van der Waals surface area contributed by atoms with Crippen LogP contribution in [0.25, 0.3) is 21.9 Å². The third-order valence-electron chi connectivity index (χ3n) is 3.66. The first-order valence-electron chi connectivity index (χ1n) is 6.64. The number of carboxylic acid groups (broad SMARTS) is 1. The summed E-state index contributed by atoms with van der Waals surface area (Å²) >= 11 is 1.42. The summed E-state index contributed by atoms with van der Waals surface area (Å²) in [7, 11) is 1.75. The Morgan fingerprint density at radius 2 is 1.81 bits per heavy atom. The van der Waals surface area contributed by atoms with Gasteiger partial charge in [-0.05, 0) is 28.8 Å². The maximum Gasteiger partial charge on any atom is 0.339 e. The number of thiophene rings is 1. The Morgan fingerprint density at radius 1 is 1.10 bits per heavy atom. The van der Waals surface area contributed by atoms with Crippen LogP contribution in [-0.4, -0.2) is 18.1 Å². The normalized spacial score (nSPS) is 10.8. The largest absolute Gasteiger partial charge is 0.478 e. The lowest BCUT2D eigenvalue weighted by molar-refractivity contribution is 0.0699. The molecule has 3 nitrogen and oxygen atoms in total. The molecule has 0 saturated carbocycles. The van der Waals surface area contributed by atoms with Crippen molar-refractivity contribution in [2.45, 2.75) is 6.92 Å². The number of aryl methyl sites for hydroxylation is 1. The highest BCUT2D eigenvalue weighted by atomic mass is 32.1. The fraction of sp³-hybridized carbons (Fsp3) is 0.118. The highest BCUT2D eigenvalue weighted by Gasteiger charge is 2.20. The summed E-state index contributed by atoms with van der Waals surface area (Å²) in [6.45, 7) is 2.07. The predicted octanol–water partition coefficient (Wildman–Crippen LogP) is 4.62. The van der Waals surface area contributed by atoms with Crippen LogP contribution in [0.1, 0.15) is 15.9 Å². The molecule has 21 heavy (non-hydrogen) atoms. The van der Waals surface area contributed by atoms with Crippen molar-refractivity contribution in [1.82, 2.24) is 0 Å². The van der Waals surface area contributed by atoms with Crippen molar-refractivity contribution in [1.29, 1.82) is 0 Å². The fourth-order valence-electron chi connectivity index (χ4n) is 2.64. The lowest BCUT2D eigenvalue weighted by Crippen LogP contribution is -2.01. The van der Waals surface area contributed by atoms with E-state index in [0.29, 0.717) is 10.6 Å². The molecule has 0 aliphatic rings. The van der Waals surface area contributed by atoms with E-state index in [4.69, 9.17) is 0 Å². The number of hydrogen-bond acceptors (Lipinski definition) is 3. The van der Waals surface area contributed by atoms with E-state index in [-0.39, 0.29) is 0 Å². The molecule has 4 heteroatoms. The minimum absolute atomic E-state index is 0.344. The second-order valence-electron chi connectivity index (χ2n) is 4.88. The van der Waals surface area contributed by atoms with Gasteiger partial charge in [-0.1, -0.05) is 36.4 Å². The Hall–Kier alpha value is -2.33. The van der Waals surface area contributed by atoms with Crippen LogP contribution in [0.15, 0.2) is 41.8 Å². The summed E-state index contributed by atoms with van der Waals surface area (Å²) in [6, 6.07) is 12.1. The number of anilines is 1. The lowest BCUT2D eigenvalue weighted by atomic mass is 9.95. The van der Waals surface area contributed by atoms with Crippen molar-refractivity contribution in [2.24, 2.45) is 0 Å². The molecule has 0 saturated heterocycles. The number of nitrogens with one attached hydrogen (secondary N) is 1. The Bertz CT molecular complexity index is 836. The molecule has 2 N–H and O–H groups in total. The molecule has 0 aliphatic heterocycles. The Kier molecular flexibility index (Phi) is 3.39. The van der Waals surface area contributed by atoms with E-state index >= 15 is 0 Å². The molecule has 0 fully saturated rings. The summed E-state index contributed by atoms with van der Waals surface area (Å²) in [5.74, 6) is -0.903. The lowest BCUT2D eigenvalue weighted by Gasteiger charge is -2.09. The Balaban J connectivity index is 2.34. The minimum atomic E-state index is -0.903. The molecule has 0 spiro atoms. The zero-order chi connectivity index (χ0) is 15.0. The van der Waals surface area contributed by atoms with Crippen molar-refractivity contribution >= 4 is 33.1 Å². The van der Waals surface area contributed by atoms with Crippen LogP contribution in [0.4, 0.5) is 5.00 Å². The van der Waals surface area contributed by atoms with Crippen molar-refractivity contribution < 1.29 is 9.90 Å². The van der Waals surface area contributed by atoms with Crippen LogP contribution in [0.2, 0.25) is 0 Å². The molecule has 1 heterocycles. The maximum absolute atomic E-state index is 11.6. The second kappa shape index (κ2) is 5.22. The van der Waals surface area contributed by atoms with Crippen LogP contribution >= 0.6 is 11.3 Å².